The van der Waals surface area contributed by atoms with Gasteiger partial charge in [-0.15, -0.1) is 24.8 Å². The first kappa shape index (κ1) is 21.0. The molecule has 4 nitrogen and oxygen atoms in total. The van der Waals surface area contributed by atoms with Gasteiger partial charge in [0, 0.05) is 30.6 Å². The van der Waals surface area contributed by atoms with E-state index < -0.39 is 0 Å². The van der Waals surface area contributed by atoms with Gasteiger partial charge in [-0.05, 0) is 64.7 Å². The second-order valence-electron chi connectivity index (χ2n) is 8.16. The summed E-state index contributed by atoms with van der Waals surface area (Å²) in [5.74, 6) is 2.04. The number of halogens is 2. The number of aromatic nitrogens is 2. The molecule has 1 aliphatic carbocycles. The lowest BCUT2D eigenvalue weighted by molar-refractivity contribution is 0.264. The fraction of sp³-hybridized carbons (Fsp3) is 0.842. The molecule has 4 rings (SSSR count). The number of likely N-dealkylation sites (tertiary alicyclic amines) is 1. The predicted octanol–water partition coefficient (Wildman–Crippen LogP) is 3.73. The lowest BCUT2D eigenvalue weighted by atomic mass is 9.68. The van der Waals surface area contributed by atoms with Crippen LogP contribution >= 0.6 is 24.8 Å². The van der Waals surface area contributed by atoms with Crippen molar-refractivity contribution >= 4 is 24.8 Å². The molecule has 0 aromatic carbocycles. The second kappa shape index (κ2) is 9.07. The maximum atomic E-state index is 5.19. The number of imidazole rings is 1. The Hall–Kier alpha value is -0.290. The van der Waals surface area contributed by atoms with Crippen molar-refractivity contribution < 1.29 is 0 Å². The third-order valence-electron chi connectivity index (χ3n) is 6.44. The van der Waals surface area contributed by atoms with Crippen LogP contribution in [0.5, 0.6) is 0 Å². The molecule has 2 saturated heterocycles. The molecule has 0 spiro atoms. The summed E-state index contributed by atoms with van der Waals surface area (Å²) >= 11 is 0. The zero-order chi connectivity index (χ0) is 15.7. The molecule has 0 radical (unpaired) electrons. The Morgan fingerprint density at radius 2 is 1.76 bits per heavy atom. The Kier molecular flexibility index (Phi) is 7.63. The molecule has 1 N–H and O–H groups in total. The van der Waals surface area contributed by atoms with Crippen LogP contribution in [0.2, 0.25) is 0 Å². The molecule has 3 heterocycles. The van der Waals surface area contributed by atoms with E-state index in [0.29, 0.717) is 11.3 Å². The number of hydrogen-bond acceptors (Lipinski definition) is 3. The number of nitrogens with zero attached hydrogens (tertiary/aromatic N) is 3. The van der Waals surface area contributed by atoms with Gasteiger partial charge in [0.2, 0.25) is 0 Å². The zero-order valence-corrected chi connectivity index (χ0v) is 17.1. The molecular formula is C19H34Cl2N4. The third-order valence-corrected chi connectivity index (χ3v) is 6.44. The Morgan fingerprint density at radius 3 is 2.36 bits per heavy atom. The van der Waals surface area contributed by atoms with E-state index in [9.17, 15) is 0 Å². The van der Waals surface area contributed by atoms with E-state index in [-0.39, 0.29) is 24.8 Å². The monoisotopic (exact) mass is 388 g/mol. The summed E-state index contributed by atoms with van der Waals surface area (Å²) in [6.07, 6.45) is 11.7. The summed E-state index contributed by atoms with van der Waals surface area (Å²) in [5, 5.41) is 3.49. The van der Waals surface area contributed by atoms with Gasteiger partial charge in [-0.3, -0.25) is 0 Å². The van der Waals surface area contributed by atoms with E-state index in [1.807, 2.05) is 0 Å². The van der Waals surface area contributed by atoms with E-state index in [1.54, 1.807) is 0 Å². The summed E-state index contributed by atoms with van der Waals surface area (Å²) in [6.45, 7) is 9.62. The Balaban J connectivity index is 0.00000113. The first-order valence-electron chi connectivity index (χ1n) is 9.75. The largest absolute Gasteiger partial charge is 0.333 e. The van der Waals surface area contributed by atoms with Crippen molar-refractivity contribution in [3.8, 4) is 0 Å². The minimum atomic E-state index is 0. The van der Waals surface area contributed by atoms with Crippen LogP contribution in [0, 0.1) is 0 Å². The molecule has 0 bridgehead atoms. The van der Waals surface area contributed by atoms with E-state index in [2.05, 4.69) is 27.9 Å². The smallest absolute Gasteiger partial charge is 0.112 e. The van der Waals surface area contributed by atoms with E-state index >= 15 is 0 Å². The van der Waals surface area contributed by atoms with Gasteiger partial charge in [0.1, 0.15) is 5.82 Å². The summed E-state index contributed by atoms with van der Waals surface area (Å²) in [6, 6.07) is 0. The molecule has 1 aromatic heterocycles. The number of nitrogens with one attached hydrogen (secondary N) is 1. The van der Waals surface area contributed by atoms with Gasteiger partial charge >= 0.3 is 0 Å². The van der Waals surface area contributed by atoms with Gasteiger partial charge in [-0.25, -0.2) is 4.98 Å². The van der Waals surface area contributed by atoms with E-state index in [1.165, 1.54) is 76.1 Å². The Labute approximate surface area is 165 Å². The average Bonchev–Trinajstić information content (AvgIpc) is 3.21. The van der Waals surface area contributed by atoms with Crippen LogP contribution in [0.25, 0.3) is 0 Å². The number of rotatable bonds is 5. The second-order valence-corrected chi connectivity index (χ2v) is 8.16. The van der Waals surface area contributed by atoms with Crippen molar-refractivity contribution in [1.82, 2.24) is 19.8 Å². The fourth-order valence-corrected chi connectivity index (χ4v) is 4.52. The van der Waals surface area contributed by atoms with Gasteiger partial charge in [-0.1, -0.05) is 13.3 Å². The first-order valence-corrected chi connectivity index (χ1v) is 9.75. The average molecular weight is 389 g/mol. The van der Waals surface area contributed by atoms with E-state index in [4.69, 9.17) is 4.98 Å². The van der Waals surface area contributed by atoms with E-state index in [0.717, 1.165) is 19.6 Å². The number of piperidine rings is 1. The van der Waals surface area contributed by atoms with Crippen LogP contribution in [-0.4, -0.2) is 47.2 Å². The van der Waals surface area contributed by atoms with Crippen molar-refractivity contribution in [1.29, 1.82) is 0 Å². The number of hydrogen-bond donors (Lipinski definition) is 1. The maximum absolute atomic E-state index is 5.19. The van der Waals surface area contributed by atoms with Crippen LogP contribution in [0.15, 0.2) is 6.20 Å². The predicted molar refractivity (Wildman–Crippen MR) is 108 cm³/mol. The fourth-order valence-electron chi connectivity index (χ4n) is 4.52. The van der Waals surface area contributed by atoms with Crippen molar-refractivity contribution in [2.45, 2.75) is 69.7 Å². The van der Waals surface area contributed by atoms with Gasteiger partial charge in [0.15, 0.2) is 0 Å². The summed E-state index contributed by atoms with van der Waals surface area (Å²) < 4.78 is 2.52. The lowest BCUT2D eigenvalue weighted by Crippen LogP contribution is -2.31. The van der Waals surface area contributed by atoms with Crippen molar-refractivity contribution in [3.05, 3.63) is 17.7 Å². The minimum Gasteiger partial charge on any atom is -0.333 e. The highest BCUT2D eigenvalue weighted by Crippen LogP contribution is 2.43. The Bertz CT molecular complexity index is 530. The van der Waals surface area contributed by atoms with Crippen molar-refractivity contribution in [3.63, 3.8) is 0 Å². The van der Waals surface area contributed by atoms with Crippen LogP contribution in [0.1, 0.15) is 69.3 Å². The molecule has 3 aliphatic rings. The molecule has 0 unspecified atom stereocenters. The molecule has 0 amide bonds. The summed E-state index contributed by atoms with van der Waals surface area (Å²) in [5.41, 5.74) is 1.74. The first-order chi connectivity index (χ1) is 11.2. The van der Waals surface area contributed by atoms with Gasteiger partial charge < -0.3 is 14.8 Å². The standard InChI is InChI=1S/C19H32N4.2ClH/c1-19(7-4-8-19)17-15-23(14-13-22-11-2-3-12-22)18(21-17)16-5-9-20-10-6-16;;/h15-16,20H,2-14H2,1H3;2*1H. The van der Waals surface area contributed by atoms with Gasteiger partial charge in [-0.2, -0.15) is 0 Å². The minimum absolute atomic E-state index is 0. The molecule has 2 aliphatic heterocycles. The van der Waals surface area contributed by atoms with Crippen molar-refractivity contribution in [2.24, 2.45) is 0 Å². The third kappa shape index (κ3) is 4.52. The Morgan fingerprint density at radius 1 is 1.08 bits per heavy atom. The molecule has 25 heavy (non-hydrogen) atoms. The molecular weight excluding hydrogens is 355 g/mol. The SMILES string of the molecule is CC1(c2cn(CCN3CCCC3)c(C3CCNCC3)n2)CCC1.Cl.Cl. The highest BCUT2D eigenvalue weighted by atomic mass is 35.5. The zero-order valence-electron chi connectivity index (χ0n) is 15.5. The maximum Gasteiger partial charge on any atom is 0.112 e. The van der Waals surface area contributed by atoms with Crippen molar-refractivity contribution in [2.75, 3.05) is 32.7 Å². The van der Waals surface area contributed by atoms with Crippen LogP contribution in [0.3, 0.4) is 0 Å². The molecule has 1 saturated carbocycles. The summed E-state index contributed by atoms with van der Waals surface area (Å²) in [7, 11) is 0. The molecule has 0 atom stereocenters. The topological polar surface area (TPSA) is 33.1 Å². The lowest BCUT2D eigenvalue weighted by Gasteiger charge is -2.36. The molecule has 3 fully saturated rings. The quantitative estimate of drug-likeness (QED) is 0.833. The van der Waals surface area contributed by atoms with Crippen LogP contribution < -0.4 is 5.32 Å². The highest BCUT2D eigenvalue weighted by molar-refractivity contribution is 5.85. The van der Waals surface area contributed by atoms with Crippen LogP contribution in [-0.2, 0) is 12.0 Å². The van der Waals surface area contributed by atoms with Gasteiger partial charge in [0.05, 0.1) is 5.69 Å². The molecule has 6 heteroatoms. The molecule has 1 aromatic rings. The normalized spacial score (nSPS) is 23.6. The molecule has 144 valence electrons. The van der Waals surface area contributed by atoms with Crippen LogP contribution in [0.4, 0.5) is 0 Å². The summed E-state index contributed by atoms with van der Waals surface area (Å²) in [4.78, 5) is 7.81. The highest BCUT2D eigenvalue weighted by Gasteiger charge is 2.37. The van der Waals surface area contributed by atoms with Gasteiger partial charge in [0.25, 0.3) is 0 Å².